The Morgan fingerprint density at radius 1 is 0.414 bits per heavy atom. The molecule has 0 saturated heterocycles. The standard InChI is InChI=1S/C27H25Cl2N3O6S.C18H16Cl2N2O3.C18H12Cl2N2O3.C17H14Cl2N2O3.C11H15NO4S.C8H5Cl2IO2.HI.Li/c1-39(37,38)19-4-2-3-15(9-19)12-23(27(35)36)31-26(34)25-20(28)10-16(11-21(25)29)5-8-24(33)17-6-7-18-14-30-32-22(18)13-17;2*1-25-18(24)17-13(19)6-10(7-14(17)20)2-5-16(23)11-3-4-12-9-21-22-15(12)8-11;18-12-5-9(6-13(19)16(12)17(23)24)1-4-15(22)10-2-3-11-8-20-21-14(11)7-10;1-16-11(13)10(12)7-8-4-3-5-9(6-8)17(2,14)15;1-13-8(12)7-5(9)2-4(11)3-6(7)10;;/h2-4,6-7,9-11,13-14,23-24,33H,5,8,12H2,1H3,(H,30,32)(H,31,34)(H,35,36);3-4,6-9,16,23H,2,5H2,1H3,(H,21,22);3-4,6-9,16,23H,1H3,(H,21,22);2-3,5-8,15,22H,1,4H2,(H,20,21)(H,23,24);3-6,10H,7,12H2,1-2H3;2-3H,1H3;1H;/q;;;;;;;+1/p-1/t23-,24?;;;;10-;;;/m0...0.../s1. The topological polar surface area (TPSA) is 499 Å². The molecule has 4 aromatic heterocycles. The summed E-state index contributed by atoms with van der Waals surface area (Å²) in [6, 6.07) is 48.2. The SMILES string of the molecule is COC(=O)[C@@H](N)Cc1cccc(S(C)(=O)=O)c1.COC(=O)c1c(Cl)cc(C#CC(O)c2ccc3cn[nH]c3c2)cc1Cl.COC(=O)c1c(Cl)cc(CCC(O)c2ccc3cn[nH]c3c2)cc1Cl.COC(=O)c1c(Cl)cc(I)cc1Cl.CS(=O)(=O)c1cccc(C[C@H](NC(=O)c2c(Cl)cc(CCC(O)c3ccc4cn[nH]c4c3)cc2Cl)C(=O)O)c1.O=C(O)c1c(Cl)cc(CCC(O)c2ccc3cn[nH]c3c2)cc1Cl.[I-].[Li+]. The molecule has 0 aliphatic rings. The molecule has 6 atom stereocenters. The summed E-state index contributed by atoms with van der Waals surface area (Å²) in [5, 5.41) is 95.6. The molecule has 0 aliphatic heterocycles. The number of carboxylic acid groups (broad SMARTS) is 2. The fourth-order valence-corrected chi connectivity index (χ4v) is 19.8. The minimum absolute atomic E-state index is 0. The predicted octanol–water partition coefficient (Wildman–Crippen LogP) is 14.2. The van der Waals surface area contributed by atoms with Crippen molar-refractivity contribution in [3.8, 4) is 11.8 Å². The number of aryl methyl sites for hydroxylation is 3. The third-order valence-electron chi connectivity index (χ3n) is 21.4. The largest absolute Gasteiger partial charge is 1.00 e. The number of nitrogens with zero attached hydrogens (tertiary/aromatic N) is 4. The van der Waals surface area contributed by atoms with Crippen molar-refractivity contribution in [2.75, 3.05) is 41.0 Å². The van der Waals surface area contributed by atoms with Gasteiger partial charge >= 0.3 is 54.7 Å². The number of ether oxygens (including phenoxy) is 4. The number of benzene rings is 11. The summed E-state index contributed by atoms with van der Waals surface area (Å²) < 4.78 is 65.5. The molecule has 0 bridgehead atoms. The Kier molecular flexibility index (Phi) is 46.1. The van der Waals surface area contributed by atoms with Gasteiger partial charge in [0.2, 0.25) is 0 Å². The van der Waals surface area contributed by atoms with E-state index in [2.05, 4.69) is 99.5 Å². The molecule has 46 heteroatoms. The zero-order chi connectivity index (χ0) is 105. The minimum Gasteiger partial charge on any atom is -1.00 e. The van der Waals surface area contributed by atoms with Gasteiger partial charge < -0.3 is 84.6 Å². The summed E-state index contributed by atoms with van der Waals surface area (Å²) in [6.45, 7) is 0. The number of carboxylic acids is 2. The number of methoxy groups -OCH3 is 4. The Balaban J connectivity index is 0.000000218. The van der Waals surface area contributed by atoms with Gasteiger partial charge in [-0.3, -0.25) is 30.0 Å². The van der Waals surface area contributed by atoms with Gasteiger partial charge in [-0.25, -0.2) is 40.8 Å². The first-order valence-corrected chi connectivity index (χ1v) is 50.9. The molecule has 4 heterocycles. The number of aliphatic hydroxyl groups excluding tert-OH is 4. The van der Waals surface area contributed by atoms with Gasteiger partial charge in [-0.1, -0.05) is 201 Å². The van der Waals surface area contributed by atoms with E-state index in [1.807, 2.05) is 60.7 Å². The summed E-state index contributed by atoms with van der Waals surface area (Å²) in [4.78, 5) is 81.8. The van der Waals surface area contributed by atoms with Crippen LogP contribution in [0.3, 0.4) is 0 Å². The number of aromatic amines is 4. The van der Waals surface area contributed by atoms with E-state index in [9.17, 15) is 75.9 Å². The molecule has 13 N–H and O–H groups in total. The number of hydrogen-bond acceptors (Lipinski definition) is 24. The quantitative estimate of drug-likeness (QED) is 0.00748. The number of amides is 1. The van der Waals surface area contributed by atoms with Gasteiger partial charge in [0.1, 0.15) is 18.2 Å². The first-order valence-electron chi connectivity index (χ1n) is 42.2. The van der Waals surface area contributed by atoms with Crippen LogP contribution in [-0.4, -0.2) is 183 Å². The number of aromatic nitrogens is 8. The van der Waals surface area contributed by atoms with Crippen LogP contribution in [0.2, 0.25) is 50.2 Å². The molecule has 0 aliphatic carbocycles. The number of H-pyrrole nitrogens is 4. The van der Waals surface area contributed by atoms with Gasteiger partial charge in [0.25, 0.3) is 5.91 Å². The zero-order valence-corrected chi connectivity index (χ0v) is 90.8. The summed E-state index contributed by atoms with van der Waals surface area (Å²) in [6.07, 6.45) is 8.89. The Hall–Kier alpha value is -10.2. The van der Waals surface area contributed by atoms with Crippen molar-refractivity contribution < 1.29 is 143 Å². The molecule has 15 aromatic rings. The Morgan fingerprint density at radius 2 is 0.724 bits per heavy atom. The maximum atomic E-state index is 13.0. The molecule has 0 fully saturated rings. The van der Waals surface area contributed by atoms with E-state index in [0.29, 0.717) is 76.4 Å². The average Bonchev–Trinajstić information content (AvgIpc) is 1.48. The molecular formula is C99H87Cl10I2LiN10O21S2. The number of nitrogens with one attached hydrogen (secondary N) is 5. The first-order chi connectivity index (χ1) is 67.8. The van der Waals surface area contributed by atoms with E-state index in [-0.39, 0.29) is 133 Å². The maximum absolute atomic E-state index is 13.0. The van der Waals surface area contributed by atoms with E-state index in [1.165, 1.54) is 70.9 Å². The van der Waals surface area contributed by atoms with Crippen LogP contribution in [0.15, 0.2) is 217 Å². The van der Waals surface area contributed by atoms with Gasteiger partial charge in [0.05, 0.1) is 181 Å². The minimum atomic E-state index is -3.48. The molecule has 15 rings (SSSR count). The fourth-order valence-electron chi connectivity index (χ4n) is 14.0. The Morgan fingerprint density at radius 3 is 1.05 bits per heavy atom. The van der Waals surface area contributed by atoms with Crippen LogP contribution in [0.25, 0.3) is 43.6 Å². The van der Waals surface area contributed by atoms with E-state index >= 15 is 0 Å². The van der Waals surface area contributed by atoms with Gasteiger partial charge in [-0.05, 0) is 227 Å². The number of halogens is 12. The number of fused-ring (bicyclic) bond motifs is 4. The third kappa shape index (κ3) is 33.9. The van der Waals surface area contributed by atoms with Crippen molar-refractivity contribution in [2.24, 2.45) is 5.73 Å². The van der Waals surface area contributed by atoms with E-state index in [0.717, 1.165) is 87.5 Å². The first kappa shape index (κ1) is 120. The zero-order valence-electron chi connectivity index (χ0n) is 77.3. The van der Waals surface area contributed by atoms with Gasteiger partial charge in [-0.15, -0.1) is 0 Å². The van der Waals surface area contributed by atoms with Gasteiger partial charge in [0, 0.05) is 49.6 Å². The van der Waals surface area contributed by atoms with E-state index < -0.39 is 97.9 Å². The number of nitrogens with two attached hydrogens (primary N) is 1. The van der Waals surface area contributed by atoms with Gasteiger partial charge in [0.15, 0.2) is 19.7 Å². The van der Waals surface area contributed by atoms with Gasteiger partial charge in [-0.2, -0.15) is 20.4 Å². The Bertz CT molecular complexity index is 7450. The smallest absolute Gasteiger partial charge is 1.00 e. The van der Waals surface area contributed by atoms with Crippen LogP contribution in [0.5, 0.6) is 0 Å². The number of carbonyl (C=O) groups excluding carboxylic acids is 5. The molecule has 31 nitrogen and oxygen atoms in total. The number of hydrogen-bond donors (Lipinski definition) is 12. The number of esters is 4. The van der Waals surface area contributed by atoms with Crippen LogP contribution in [0.1, 0.15) is 151 Å². The number of aliphatic hydroxyl groups is 4. The second kappa shape index (κ2) is 55.7. The van der Waals surface area contributed by atoms with Crippen molar-refractivity contribution in [3.63, 3.8) is 0 Å². The van der Waals surface area contributed by atoms with Crippen LogP contribution in [-0.2, 0) is 80.3 Å². The molecule has 145 heavy (non-hydrogen) atoms. The van der Waals surface area contributed by atoms with Crippen LogP contribution < -0.4 is 53.9 Å². The molecule has 4 unspecified atom stereocenters. The van der Waals surface area contributed by atoms with E-state index in [4.69, 9.17) is 127 Å². The number of rotatable bonds is 27. The molecule has 1 amide bonds. The van der Waals surface area contributed by atoms with Crippen LogP contribution >= 0.6 is 139 Å². The summed E-state index contributed by atoms with van der Waals surface area (Å²) in [5.41, 5.74) is 16.1. The monoisotopic (exact) mass is 2430 g/mol. The van der Waals surface area contributed by atoms with Crippen molar-refractivity contribution in [1.82, 2.24) is 46.1 Å². The average molecular weight is 2430 g/mol. The second-order valence-electron chi connectivity index (χ2n) is 31.6. The molecule has 0 saturated carbocycles. The van der Waals surface area contributed by atoms with E-state index in [1.54, 1.807) is 104 Å². The number of carbonyl (C=O) groups is 7. The summed E-state index contributed by atoms with van der Waals surface area (Å²) in [5.74, 6) is 0.0427. The Labute approximate surface area is 923 Å². The van der Waals surface area contributed by atoms with Crippen molar-refractivity contribution >= 4 is 244 Å². The number of aromatic carboxylic acids is 1. The molecule has 756 valence electrons. The normalized spacial score (nSPS) is 12.2. The summed E-state index contributed by atoms with van der Waals surface area (Å²) in [7, 11) is -1.67. The van der Waals surface area contributed by atoms with Crippen LogP contribution in [0.4, 0.5) is 0 Å². The molecule has 11 aromatic carbocycles. The van der Waals surface area contributed by atoms with Crippen molar-refractivity contribution in [1.29, 1.82) is 0 Å². The van der Waals surface area contributed by atoms with Crippen LogP contribution in [0, 0.1) is 15.4 Å². The molecule has 0 spiro atoms. The number of sulfone groups is 2. The van der Waals surface area contributed by atoms with Crippen molar-refractivity contribution in [3.05, 3.63) is 344 Å². The molecular weight excluding hydrogens is 2340 g/mol. The van der Waals surface area contributed by atoms with Crippen molar-refractivity contribution in [2.45, 2.75) is 97.7 Å². The summed E-state index contributed by atoms with van der Waals surface area (Å²) >= 11 is 62.8. The second-order valence-corrected chi connectivity index (χ2v) is 40.9. The molecule has 0 radical (unpaired) electrons. The predicted molar refractivity (Wildman–Crippen MR) is 557 cm³/mol. The maximum Gasteiger partial charge on any atom is 1.00 e. The third-order valence-corrected chi connectivity index (χ3v) is 27.3. The number of aliphatic carboxylic acids is 1. The fraction of sp³-hybridized carbons (Fsp3) is 0.202.